The van der Waals surface area contributed by atoms with Crippen LogP contribution in [0.25, 0.3) is 0 Å². The summed E-state index contributed by atoms with van der Waals surface area (Å²) in [6.07, 6.45) is 0.781. The molecule has 1 N–H and O–H groups in total. The monoisotopic (exact) mass is 408 g/mol. The molecule has 1 unspecified atom stereocenters. The zero-order valence-electron chi connectivity index (χ0n) is 15.1. The quantitative estimate of drug-likeness (QED) is 0.796. The fourth-order valence-corrected chi connectivity index (χ4v) is 6.73. The van der Waals surface area contributed by atoms with Gasteiger partial charge in [-0.25, -0.2) is 17.6 Å². The SMILES string of the molecule is O=C(NC[C@H]1CN(c2ccc(C3[C@H]4CS(=O)(=O)C[C@@H]34)c(F)c2)C(=O)O1)C1CC1. The summed E-state index contributed by atoms with van der Waals surface area (Å²) >= 11 is 0. The van der Waals surface area contributed by atoms with Crippen LogP contribution in [0.5, 0.6) is 0 Å². The minimum Gasteiger partial charge on any atom is -0.442 e. The van der Waals surface area contributed by atoms with E-state index in [1.807, 2.05) is 0 Å². The molecule has 2 heterocycles. The number of halogens is 1. The van der Waals surface area contributed by atoms with E-state index in [2.05, 4.69) is 5.32 Å². The molecule has 2 amide bonds. The Bertz CT molecular complexity index is 943. The van der Waals surface area contributed by atoms with Crippen LogP contribution in [0.1, 0.15) is 24.3 Å². The van der Waals surface area contributed by atoms with Crippen molar-refractivity contribution in [2.45, 2.75) is 24.9 Å². The van der Waals surface area contributed by atoms with Crippen molar-refractivity contribution in [2.24, 2.45) is 17.8 Å². The average molecular weight is 408 g/mol. The molecular formula is C19H21FN2O5S. The van der Waals surface area contributed by atoms with E-state index in [0.29, 0.717) is 11.3 Å². The lowest BCUT2D eigenvalue weighted by molar-refractivity contribution is -0.122. The average Bonchev–Trinajstić information content (AvgIpc) is 3.52. The highest BCUT2D eigenvalue weighted by atomic mass is 32.2. The fraction of sp³-hybridized carbons (Fsp3) is 0.579. The van der Waals surface area contributed by atoms with Crippen LogP contribution in [0.15, 0.2) is 18.2 Å². The Hall–Kier alpha value is -2.16. The van der Waals surface area contributed by atoms with E-state index in [9.17, 15) is 22.4 Å². The van der Waals surface area contributed by atoms with Gasteiger partial charge in [0.2, 0.25) is 5.91 Å². The van der Waals surface area contributed by atoms with Crippen molar-refractivity contribution in [3.63, 3.8) is 0 Å². The van der Waals surface area contributed by atoms with Gasteiger partial charge >= 0.3 is 6.09 Å². The third kappa shape index (κ3) is 3.15. The van der Waals surface area contributed by atoms with Gasteiger partial charge in [-0.1, -0.05) is 6.07 Å². The van der Waals surface area contributed by atoms with Crippen LogP contribution in [-0.4, -0.2) is 51.1 Å². The zero-order valence-corrected chi connectivity index (χ0v) is 16.0. The number of hydrogen-bond acceptors (Lipinski definition) is 5. The normalized spacial score (nSPS) is 32.8. The number of amides is 2. The first-order valence-electron chi connectivity index (χ1n) is 9.58. The Labute approximate surface area is 162 Å². The van der Waals surface area contributed by atoms with Crippen molar-refractivity contribution in [2.75, 3.05) is 29.5 Å². The topological polar surface area (TPSA) is 92.8 Å². The predicted octanol–water partition coefficient (Wildman–Crippen LogP) is 1.44. The van der Waals surface area contributed by atoms with E-state index in [0.717, 1.165) is 12.8 Å². The van der Waals surface area contributed by atoms with E-state index in [-0.39, 0.29) is 54.2 Å². The summed E-state index contributed by atoms with van der Waals surface area (Å²) in [5.41, 5.74) is 0.926. The molecule has 4 aliphatic rings. The van der Waals surface area contributed by atoms with Crippen molar-refractivity contribution < 1.29 is 27.1 Å². The second-order valence-corrected chi connectivity index (χ2v) is 10.4. The first kappa shape index (κ1) is 17.9. The number of ether oxygens (including phenoxy) is 1. The van der Waals surface area contributed by atoms with Gasteiger partial charge in [0.25, 0.3) is 0 Å². The number of fused-ring (bicyclic) bond motifs is 1. The lowest BCUT2D eigenvalue weighted by Gasteiger charge is -2.15. The van der Waals surface area contributed by atoms with Crippen molar-refractivity contribution in [1.82, 2.24) is 5.32 Å². The van der Waals surface area contributed by atoms with Crippen LogP contribution in [0.2, 0.25) is 0 Å². The first-order chi connectivity index (χ1) is 13.3. The van der Waals surface area contributed by atoms with E-state index in [1.54, 1.807) is 12.1 Å². The fourth-order valence-electron chi connectivity index (χ4n) is 4.51. The van der Waals surface area contributed by atoms with Crippen molar-refractivity contribution in [1.29, 1.82) is 0 Å². The lowest BCUT2D eigenvalue weighted by atomic mass is 10.1. The molecule has 1 aromatic rings. The molecule has 0 radical (unpaired) electrons. The molecule has 7 nitrogen and oxygen atoms in total. The summed E-state index contributed by atoms with van der Waals surface area (Å²) in [4.78, 5) is 25.2. The first-order valence-corrected chi connectivity index (χ1v) is 11.4. The van der Waals surface area contributed by atoms with Crippen molar-refractivity contribution in [3.05, 3.63) is 29.6 Å². The van der Waals surface area contributed by atoms with E-state index < -0.39 is 27.9 Å². The Morgan fingerprint density at radius 2 is 1.96 bits per heavy atom. The van der Waals surface area contributed by atoms with Crippen LogP contribution in [0, 0.1) is 23.6 Å². The Balaban J connectivity index is 1.24. The summed E-state index contributed by atoms with van der Waals surface area (Å²) in [5.74, 6) is -0.0928. The molecule has 1 aromatic carbocycles. The summed E-state index contributed by atoms with van der Waals surface area (Å²) in [7, 11) is -2.97. The third-order valence-corrected chi connectivity index (χ3v) is 7.99. The number of hydrogen-bond donors (Lipinski definition) is 1. The summed E-state index contributed by atoms with van der Waals surface area (Å²) in [6, 6.07) is 4.63. The molecule has 4 fully saturated rings. The maximum absolute atomic E-state index is 14.7. The molecule has 5 rings (SSSR count). The maximum Gasteiger partial charge on any atom is 0.414 e. The van der Waals surface area contributed by atoms with Gasteiger partial charge in [-0.3, -0.25) is 9.69 Å². The van der Waals surface area contributed by atoms with Gasteiger partial charge < -0.3 is 10.1 Å². The van der Waals surface area contributed by atoms with E-state index >= 15 is 0 Å². The van der Waals surface area contributed by atoms with Crippen LogP contribution in [-0.2, 0) is 19.4 Å². The van der Waals surface area contributed by atoms with Crippen LogP contribution >= 0.6 is 0 Å². The van der Waals surface area contributed by atoms with Gasteiger partial charge in [-0.2, -0.15) is 0 Å². The molecule has 9 heteroatoms. The molecule has 2 saturated heterocycles. The van der Waals surface area contributed by atoms with E-state index in [4.69, 9.17) is 4.74 Å². The second kappa shape index (κ2) is 6.17. The number of cyclic esters (lactones) is 1. The van der Waals surface area contributed by atoms with Crippen LogP contribution in [0.4, 0.5) is 14.9 Å². The van der Waals surface area contributed by atoms with Gasteiger partial charge in [-0.05, 0) is 48.3 Å². The third-order valence-electron chi connectivity index (χ3n) is 6.21. The number of carbonyl (C=O) groups excluding carboxylic acids is 2. The standard InChI is InChI=1S/C19H21FN2O5S/c20-16-5-11(3-4-13(16)17-14-8-28(25,26)9-15(14)17)22-7-12(27-19(22)24)6-21-18(23)10-1-2-10/h3-5,10,12,14-15,17H,1-2,6-9H2,(H,21,23)/t12-,14-,15+,17?/m0/s1. The lowest BCUT2D eigenvalue weighted by Crippen LogP contribution is -2.35. The molecule has 4 atom stereocenters. The van der Waals surface area contributed by atoms with Crippen molar-refractivity contribution >= 4 is 27.5 Å². The predicted molar refractivity (Wildman–Crippen MR) is 98.1 cm³/mol. The molecule has 2 saturated carbocycles. The highest BCUT2D eigenvalue weighted by Gasteiger charge is 2.59. The number of sulfone groups is 1. The van der Waals surface area contributed by atoms with E-state index in [1.165, 1.54) is 11.0 Å². The van der Waals surface area contributed by atoms with Gasteiger partial charge in [0.15, 0.2) is 9.84 Å². The largest absolute Gasteiger partial charge is 0.442 e. The Kier molecular flexibility index (Phi) is 3.94. The molecular weight excluding hydrogens is 387 g/mol. The molecule has 2 aliphatic heterocycles. The zero-order chi connectivity index (χ0) is 19.6. The Morgan fingerprint density at radius 3 is 2.61 bits per heavy atom. The van der Waals surface area contributed by atoms with Crippen LogP contribution in [0.3, 0.4) is 0 Å². The molecule has 150 valence electrons. The number of rotatable bonds is 5. The number of benzene rings is 1. The number of nitrogens with zero attached hydrogens (tertiary/aromatic N) is 1. The van der Waals surface area contributed by atoms with Crippen LogP contribution < -0.4 is 10.2 Å². The number of anilines is 1. The minimum atomic E-state index is -2.97. The summed E-state index contributed by atoms with van der Waals surface area (Å²) < 4.78 is 43.1. The minimum absolute atomic E-state index is 0.0121. The molecule has 0 spiro atoms. The molecule has 28 heavy (non-hydrogen) atoms. The highest BCUT2D eigenvalue weighted by Crippen LogP contribution is 2.59. The summed E-state index contributed by atoms with van der Waals surface area (Å²) in [6.45, 7) is 0.494. The number of carbonyl (C=O) groups is 2. The van der Waals surface area contributed by atoms with Crippen molar-refractivity contribution in [3.8, 4) is 0 Å². The Morgan fingerprint density at radius 1 is 1.25 bits per heavy atom. The molecule has 2 aliphatic carbocycles. The smallest absolute Gasteiger partial charge is 0.414 e. The molecule has 0 bridgehead atoms. The van der Waals surface area contributed by atoms with Gasteiger partial charge in [0.05, 0.1) is 30.3 Å². The van der Waals surface area contributed by atoms with Gasteiger partial charge in [-0.15, -0.1) is 0 Å². The molecule has 0 aromatic heterocycles. The van der Waals surface area contributed by atoms with Gasteiger partial charge in [0.1, 0.15) is 11.9 Å². The van der Waals surface area contributed by atoms with Gasteiger partial charge in [0, 0.05) is 5.92 Å². The highest BCUT2D eigenvalue weighted by molar-refractivity contribution is 7.91. The second-order valence-electron chi connectivity index (χ2n) is 8.27. The number of nitrogens with one attached hydrogen (secondary N) is 1. The maximum atomic E-state index is 14.7. The summed E-state index contributed by atoms with van der Waals surface area (Å²) in [5, 5.41) is 2.79.